The minimum atomic E-state index is -4.39. The number of alkyl halides is 3. The van der Waals surface area contributed by atoms with Crippen LogP contribution in [0.3, 0.4) is 0 Å². The van der Waals surface area contributed by atoms with Crippen LogP contribution < -0.4 is 5.69 Å². The van der Waals surface area contributed by atoms with Gasteiger partial charge in [-0.05, 0) is 25.1 Å². The van der Waals surface area contributed by atoms with Crippen LogP contribution in [0.1, 0.15) is 16.3 Å². The third-order valence-corrected chi connectivity index (χ3v) is 5.32. The highest BCUT2D eigenvalue weighted by atomic mass is 32.1. The van der Waals surface area contributed by atoms with Crippen LogP contribution in [0.4, 0.5) is 13.2 Å². The number of fused-ring (bicyclic) bond motifs is 1. The summed E-state index contributed by atoms with van der Waals surface area (Å²) in [5.74, 6) is 0.621. The lowest BCUT2D eigenvalue weighted by molar-refractivity contribution is -0.134. The molecule has 27 heavy (non-hydrogen) atoms. The maximum Gasteiger partial charge on any atom is 0.425 e. The summed E-state index contributed by atoms with van der Waals surface area (Å²) in [5, 5.41) is 3.89. The number of hydrogen-bond donors (Lipinski definition) is 0. The number of nitrogens with zero attached hydrogens (tertiary/aromatic N) is 4. The molecule has 4 aromatic rings. The van der Waals surface area contributed by atoms with E-state index < -0.39 is 11.1 Å². The fraction of sp³-hybridized carbons (Fsp3) is 0.235. The molecule has 0 N–H and O–H groups in total. The molecule has 0 aromatic carbocycles. The van der Waals surface area contributed by atoms with Crippen molar-refractivity contribution in [2.24, 2.45) is 7.05 Å². The van der Waals surface area contributed by atoms with E-state index in [4.69, 9.17) is 4.52 Å². The van der Waals surface area contributed by atoms with E-state index in [9.17, 15) is 18.0 Å². The van der Waals surface area contributed by atoms with Gasteiger partial charge in [0.25, 0.3) is 0 Å². The van der Waals surface area contributed by atoms with E-state index in [1.807, 2.05) is 0 Å². The van der Waals surface area contributed by atoms with E-state index in [1.54, 1.807) is 26.1 Å². The molecule has 0 atom stereocenters. The lowest BCUT2D eigenvalue weighted by Crippen LogP contribution is -2.22. The zero-order chi connectivity index (χ0) is 19.3. The largest absolute Gasteiger partial charge is 0.425 e. The summed E-state index contributed by atoms with van der Waals surface area (Å²) in [6.45, 7) is 1.92. The molecule has 0 saturated carbocycles. The molecule has 0 radical (unpaired) electrons. The smallest absolute Gasteiger partial charge is 0.361 e. The molecular weight excluding hydrogens is 381 g/mol. The quantitative estimate of drug-likeness (QED) is 0.530. The molecule has 10 heteroatoms. The number of aryl methyl sites for hydroxylation is 2. The first kappa shape index (κ1) is 17.5. The van der Waals surface area contributed by atoms with E-state index >= 15 is 0 Å². The van der Waals surface area contributed by atoms with Crippen LogP contribution in [-0.4, -0.2) is 19.3 Å². The van der Waals surface area contributed by atoms with Gasteiger partial charge in [-0.2, -0.15) is 13.2 Å². The second-order valence-corrected chi connectivity index (χ2v) is 7.17. The Hall–Kier alpha value is -2.88. The molecule has 6 nitrogen and oxygen atoms in total. The van der Waals surface area contributed by atoms with Crippen LogP contribution in [-0.2, 0) is 19.8 Å². The van der Waals surface area contributed by atoms with Gasteiger partial charge in [-0.1, -0.05) is 5.16 Å². The van der Waals surface area contributed by atoms with Crippen LogP contribution in [0.25, 0.3) is 21.6 Å². The topological polar surface area (TPSA) is 65.8 Å². The fourth-order valence-corrected chi connectivity index (χ4v) is 3.72. The first-order valence-corrected chi connectivity index (χ1v) is 8.70. The molecule has 4 heterocycles. The van der Waals surface area contributed by atoms with Crippen molar-refractivity contribution in [1.82, 2.24) is 19.3 Å². The molecule has 0 aliphatic rings. The monoisotopic (exact) mass is 394 g/mol. The minimum Gasteiger partial charge on any atom is -0.361 e. The molecular formula is C17H13F3N4O2S. The van der Waals surface area contributed by atoms with Crippen LogP contribution >= 0.6 is 11.3 Å². The van der Waals surface area contributed by atoms with Crippen molar-refractivity contribution in [3.05, 3.63) is 57.3 Å². The summed E-state index contributed by atoms with van der Waals surface area (Å²) in [7, 11) is 1.59. The summed E-state index contributed by atoms with van der Waals surface area (Å²) < 4.78 is 46.5. The van der Waals surface area contributed by atoms with Gasteiger partial charge in [0, 0.05) is 29.8 Å². The number of halogens is 3. The Morgan fingerprint density at radius 2 is 2.04 bits per heavy atom. The number of imidazole rings is 1. The van der Waals surface area contributed by atoms with Crippen molar-refractivity contribution in [1.29, 1.82) is 0 Å². The standard InChI is InChI=1S/C17H13F3N4O2S/c1-9-5-11(22-26-9)8-24-12-6-10(7-21-15(12)23(2)16(24)25)13-3-4-14(27-13)17(18,19)20/h3-7H,8H2,1-2H3. The van der Waals surface area contributed by atoms with E-state index in [0.29, 0.717) is 44.4 Å². The van der Waals surface area contributed by atoms with Crippen molar-refractivity contribution in [3.8, 4) is 10.4 Å². The third kappa shape index (κ3) is 3.05. The maximum absolute atomic E-state index is 12.9. The average Bonchev–Trinajstić information content (AvgIpc) is 3.31. The molecule has 0 fully saturated rings. The summed E-state index contributed by atoms with van der Waals surface area (Å²) in [5.41, 5.74) is 1.75. The third-order valence-electron chi connectivity index (χ3n) is 4.14. The van der Waals surface area contributed by atoms with Gasteiger partial charge in [-0.25, -0.2) is 9.78 Å². The Kier molecular flexibility index (Phi) is 3.95. The molecule has 0 aliphatic heterocycles. The molecule has 0 aliphatic carbocycles. The van der Waals surface area contributed by atoms with Crippen LogP contribution in [0.15, 0.2) is 39.8 Å². The van der Waals surface area contributed by atoms with Crippen molar-refractivity contribution >= 4 is 22.5 Å². The molecule has 4 aromatic heterocycles. The number of thiophene rings is 1. The molecule has 4 rings (SSSR count). The van der Waals surface area contributed by atoms with Crippen molar-refractivity contribution < 1.29 is 17.7 Å². The van der Waals surface area contributed by atoms with E-state index in [-0.39, 0.29) is 12.2 Å². The Labute approximate surface area is 154 Å². The van der Waals surface area contributed by atoms with E-state index in [2.05, 4.69) is 10.1 Å². The number of aromatic nitrogens is 4. The second-order valence-electron chi connectivity index (χ2n) is 6.09. The highest BCUT2D eigenvalue weighted by molar-refractivity contribution is 7.15. The minimum absolute atomic E-state index is 0.177. The molecule has 0 saturated heterocycles. The van der Waals surface area contributed by atoms with Crippen LogP contribution in [0.5, 0.6) is 0 Å². The molecule has 140 valence electrons. The zero-order valence-corrected chi connectivity index (χ0v) is 15.1. The van der Waals surface area contributed by atoms with Crippen LogP contribution in [0.2, 0.25) is 0 Å². The number of pyridine rings is 1. The first-order chi connectivity index (χ1) is 12.7. The Bertz CT molecular complexity index is 1200. The van der Waals surface area contributed by atoms with Gasteiger partial charge in [0.1, 0.15) is 16.3 Å². The van der Waals surface area contributed by atoms with Crippen LogP contribution in [0, 0.1) is 6.92 Å². The Balaban J connectivity index is 1.82. The predicted molar refractivity (Wildman–Crippen MR) is 93.6 cm³/mol. The lowest BCUT2D eigenvalue weighted by atomic mass is 10.2. The maximum atomic E-state index is 12.9. The number of rotatable bonds is 3. The van der Waals surface area contributed by atoms with Gasteiger partial charge in [-0.3, -0.25) is 9.13 Å². The summed E-state index contributed by atoms with van der Waals surface area (Å²) in [4.78, 5) is 16.6. The highest BCUT2D eigenvalue weighted by Crippen LogP contribution is 2.38. The van der Waals surface area contributed by atoms with Gasteiger partial charge >= 0.3 is 11.9 Å². The molecule has 0 amide bonds. The van der Waals surface area contributed by atoms with E-state index in [1.165, 1.54) is 21.4 Å². The van der Waals surface area contributed by atoms with Gasteiger partial charge < -0.3 is 4.52 Å². The van der Waals surface area contributed by atoms with Gasteiger partial charge in [-0.15, -0.1) is 11.3 Å². The first-order valence-electron chi connectivity index (χ1n) is 7.89. The Morgan fingerprint density at radius 1 is 1.26 bits per heavy atom. The second kappa shape index (κ2) is 6.08. The highest BCUT2D eigenvalue weighted by Gasteiger charge is 2.32. The van der Waals surface area contributed by atoms with Gasteiger partial charge in [0.05, 0.1) is 12.1 Å². The fourth-order valence-electron chi connectivity index (χ4n) is 2.87. The SMILES string of the molecule is Cc1cc(Cn2c(=O)n(C)c3ncc(-c4ccc(C(F)(F)F)s4)cc32)no1. The predicted octanol–water partition coefficient (Wildman–Crippen LogP) is 3.83. The Morgan fingerprint density at radius 3 is 2.67 bits per heavy atom. The van der Waals surface area contributed by atoms with Crippen molar-refractivity contribution in [2.45, 2.75) is 19.6 Å². The van der Waals surface area contributed by atoms with Crippen molar-refractivity contribution in [2.75, 3.05) is 0 Å². The summed E-state index contributed by atoms with van der Waals surface area (Å²) in [6.07, 6.45) is -2.92. The molecule has 0 unspecified atom stereocenters. The molecule has 0 spiro atoms. The van der Waals surface area contributed by atoms with Gasteiger partial charge in [0.15, 0.2) is 5.65 Å². The zero-order valence-electron chi connectivity index (χ0n) is 14.2. The molecule has 0 bridgehead atoms. The normalized spacial score (nSPS) is 12.2. The van der Waals surface area contributed by atoms with E-state index in [0.717, 1.165) is 6.07 Å². The summed E-state index contributed by atoms with van der Waals surface area (Å²) >= 11 is 0.639. The lowest BCUT2D eigenvalue weighted by Gasteiger charge is -2.03. The van der Waals surface area contributed by atoms with Crippen molar-refractivity contribution in [3.63, 3.8) is 0 Å². The summed E-state index contributed by atoms with van der Waals surface area (Å²) in [6, 6.07) is 5.84. The average molecular weight is 394 g/mol. The number of hydrogen-bond acceptors (Lipinski definition) is 5. The van der Waals surface area contributed by atoms with Gasteiger partial charge in [0.2, 0.25) is 0 Å².